The molecule has 8 heteroatoms. The minimum Gasteiger partial charge on any atom is -0.465 e. The van der Waals surface area contributed by atoms with Crippen LogP contribution in [0.25, 0.3) is 0 Å². The molecule has 7 nitrogen and oxygen atoms in total. The Morgan fingerprint density at radius 1 is 1.23 bits per heavy atom. The van der Waals surface area contributed by atoms with E-state index in [9.17, 15) is 18.0 Å². The van der Waals surface area contributed by atoms with Gasteiger partial charge >= 0.3 is 5.97 Å². The van der Waals surface area contributed by atoms with Gasteiger partial charge in [-0.3, -0.25) is 9.10 Å². The molecule has 0 unspecified atom stereocenters. The summed E-state index contributed by atoms with van der Waals surface area (Å²) in [5.41, 5.74) is 0.519. The Kier molecular flexibility index (Phi) is 5.92. The monoisotopic (exact) mass is 328 g/mol. The molecule has 0 fully saturated rings. The van der Waals surface area contributed by atoms with Crippen molar-refractivity contribution in [2.45, 2.75) is 13.3 Å². The Bertz CT molecular complexity index is 670. The molecule has 122 valence electrons. The van der Waals surface area contributed by atoms with Crippen LogP contribution in [-0.2, 0) is 14.8 Å². The standard InChI is InChI=1S/C14H20N2O5S/c1-5-6-15-13(17)10-7-11(14(18)21-3)9-12(8-10)16(2)22(4,19)20/h7-9H,5-6H2,1-4H3,(H,15,17). The SMILES string of the molecule is CCCNC(=O)c1cc(C(=O)OC)cc(N(C)S(C)(=O)=O)c1. The van der Waals surface area contributed by atoms with Gasteiger partial charge in [-0.15, -0.1) is 0 Å². The van der Waals surface area contributed by atoms with E-state index >= 15 is 0 Å². The molecule has 0 aliphatic carbocycles. The highest BCUT2D eigenvalue weighted by atomic mass is 32.2. The Morgan fingerprint density at radius 2 is 1.82 bits per heavy atom. The lowest BCUT2D eigenvalue weighted by atomic mass is 10.1. The lowest BCUT2D eigenvalue weighted by Gasteiger charge is -2.18. The molecule has 1 aromatic rings. The van der Waals surface area contributed by atoms with Gasteiger partial charge in [0.2, 0.25) is 10.0 Å². The van der Waals surface area contributed by atoms with E-state index in [4.69, 9.17) is 0 Å². The van der Waals surface area contributed by atoms with Crippen LogP contribution in [0, 0.1) is 0 Å². The van der Waals surface area contributed by atoms with Gasteiger partial charge in [-0.25, -0.2) is 13.2 Å². The molecule has 1 aromatic carbocycles. The van der Waals surface area contributed by atoms with Crippen molar-refractivity contribution in [3.05, 3.63) is 29.3 Å². The Hall–Kier alpha value is -2.09. The summed E-state index contributed by atoms with van der Waals surface area (Å²) in [6.45, 7) is 2.40. The summed E-state index contributed by atoms with van der Waals surface area (Å²) in [5.74, 6) is -1.02. The second-order valence-electron chi connectivity index (χ2n) is 4.75. The van der Waals surface area contributed by atoms with Crippen LogP contribution >= 0.6 is 0 Å². The van der Waals surface area contributed by atoms with Crippen LogP contribution in [-0.4, -0.2) is 47.3 Å². The Labute approximate surface area is 130 Å². The molecule has 0 saturated heterocycles. The molecule has 0 radical (unpaired) electrons. The number of anilines is 1. The number of esters is 1. The molecule has 0 heterocycles. The van der Waals surface area contributed by atoms with E-state index in [0.29, 0.717) is 6.54 Å². The van der Waals surface area contributed by atoms with Gasteiger partial charge in [-0.05, 0) is 24.6 Å². The van der Waals surface area contributed by atoms with Crippen molar-refractivity contribution in [3.63, 3.8) is 0 Å². The van der Waals surface area contributed by atoms with E-state index in [1.807, 2.05) is 6.92 Å². The Balaban J connectivity index is 3.33. The first-order valence-corrected chi connectivity index (χ1v) is 8.51. The third-order valence-corrected chi connectivity index (χ3v) is 4.20. The summed E-state index contributed by atoms with van der Waals surface area (Å²) in [5, 5.41) is 2.68. The zero-order valence-electron chi connectivity index (χ0n) is 13.0. The lowest BCUT2D eigenvalue weighted by Crippen LogP contribution is -2.27. The highest BCUT2D eigenvalue weighted by Gasteiger charge is 2.18. The number of sulfonamides is 1. The fourth-order valence-electron chi connectivity index (χ4n) is 1.69. The largest absolute Gasteiger partial charge is 0.465 e. The number of hydrogen-bond acceptors (Lipinski definition) is 5. The third kappa shape index (κ3) is 4.45. The number of rotatable bonds is 6. The highest BCUT2D eigenvalue weighted by molar-refractivity contribution is 7.92. The van der Waals surface area contributed by atoms with Crippen molar-refractivity contribution < 1.29 is 22.7 Å². The number of ether oxygens (including phenoxy) is 1. The van der Waals surface area contributed by atoms with Crippen molar-refractivity contribution in [1.82, 2.24) is 5.32 Å². The first kappa shape index (κ1) is 18.0. The number of amides is 1. The molecular formula is C14H20N2O5S. The maximum absolute atomic E-state index is 12.1. The van der Waals surface area contributed by atoms with Crippen molar-refractivity contribution >= 4 is 27.6 Å². The quantitative estimate of drug-likeness (QED) is 0.787. The van der Waals surface area contributed by atoms with Crippen LogP contribution in [0.1, 0.15) is 34.1 Å². The molecule has 0 spiro atoms. The minimum absolute atomic E-state index is 0.108. The maximum atomic E-state index is 12.1. The number of hydrogen-bond donors (Lipinski definition) is 1. The van der Waals surface area contributed by atoms with Gasteiger partial charge in [0.15, 0.2) is 0 Å². The molecule has 0 saturated carbocycles. The first-order chi connectivity index (χ1) is 10.2. The number of carbonyl (C=O) groups is 2. The molecule has 0 aliphatic heterocycles. The van der Waals surface area contributed by atoms with Crippen LogP contribution in [0.5, 0.6) is 0 Å². The van der Waals surface area contributed by atoms with Gasteiger partial charge < -0.3 is 10.1 Å². The van der Waals surface area contributed by atoms with Crippen LogP contribution < -0.4 is 9.62 Å². The van der Waals surface area contributed by atoms with Crippen LogP contribution in [0.4, 0.5) is 5.69 Å². The van der Waals surface area contributed by atoms with Gasteiger partial charge in [0, 0.05) is 19.2 Å². The minimum atomic E-state index is -3.51. The number of methoxy groups -OCH3 is 1. The first-order valence-electron chi connectivity index (χ1n) is 6.66. The van der Waals surface area contributed by atoms with Gasteiger partial charge in [0.25, 0.3) is 5.91 Å². The van der Waals surface area contributed by atoms with E-state index in [2.05, 4.69) is 10.1 Å². The van der Waals surface area contributed by atoms with E-state index < -0.39 is 16.0 Å². The Morgan fingerprint density at radius 3 is 2.32 bits per heavy atom. The summed E-state index contributed by atoms with van der Waals surface area (Å²) < 4.78 is 28.9. The fraction of sp³-hybridized carbons (Fsp3) is 0.429. The molecule has 0 bridgehead atoms. The summed E-state index contributed by atoms with van der Waals surface area (Å²) >= 11 is 0. The van der Waals surface area contributed by atoms with E-state index in [-0.39, 0.29) is 22.7 Å². The van der Waals surface area contributed by atoms with Crippen molar-refractivity contribution in [2.24, 2.45) is 0 Å². The second-order valence-corrected chi connectivity index (χ2v) is 6.76. The normalized spacial score (nSPS) is 10.9. The molecule has 0 aromatic heterocycles. The molecule has 1 N–H and O–H groups in total. The molecule has 0 atom stereocenters. The van der Waals surface area contributed by atoms with E-state index in [1.165, 1.54) is 32.4 Å². The molecular weight excluding hydrogens is 308 g/mol. The van der Waals surface area contributed by atoms with Gasteiger partial charge in [0.05, 0.1) is 24.6 Å². The molecule has 1 rings (SSSR count). The molecule has 22 heavy (non-hydrogen) atoms. The van der Waals surface area contributed by atoms with Crippen molar-refractivity contribution in [2.75, 3.05) is 31.3 Å². The summed E-state index contributed by atoms with van der Waals surface area (Å²) in [6.07, 6.45) is 1.80. The maximum Gasteiger partial charge on any atom is 0.337 e. The predicted molar refractivity (Wildman–Crippen MR) is 83.7 cm³/mol. The van der Waals surface area contributed by atoms with Crippen LogP contribution in [0.15, 0.2) is 18.2 Å². The topological polar surface area (TPSA) is 92.8 Å². The van der Waals surface area contributed by atoms with Gasteiger partial charge in [0.1, 0.15) is 0 Å². The predicted octanol–water partition coefficient (Wildman–Crippen LogP) is 1.01. The number of nitrogens with one attached hydrogen (secondary N) is 1. The summed E-state index contributed by atoms with van der Waals surface area (Å²) in [7, 11) is -0.954. The zero-order chi connectivity index (χ0) is 16.9. The number of nitrogens with zero attached hydrogens (tertiary/aromatic N) is 1. The van der Waals surface area contributed by atoms with Crippen molar-refractivity contribution in [3.8, 4) is 0 Å². The van der Waals surface area contributed by atoms with E-state index in [0.717, 1.165) is 17.0 Å². The average Bonchev–Trinajstić information content (AvgIpc) is 2.49. The third-order valence-electron chi connectivity index (χ3n) is 3.00. The summed E-state index contributed by atoms with van der Waals surface area (Å²) in [4.78, 5) is 23.8. The lowest BCUT2D eigenvalue weighted by molar-refractivity contribution is 0.0600. The summed E-state index contributed by atoms with van der Waals surface area (Å²) in [6, 6.07) is 4.15. The van der Waals surface area contributed by atoms with E-state index in [1.54, 1.807) is 0 Å². The van der Waals surface area contributed by atoms with Gasteiger partial charge in [-0.1, -0.05) is 6.92 Å². The fourth-order valence-corrected chi connectivity index (χ4v) is 2.18. The second kappa shape index (κ2) is 7.26. The highest BCUT2D eigenvalue weighted by Crippen LogP contribution is 2.21. The smallest absolute Gasteiger partial charge is 0.337 e. The number of carbonyl (C=O) groups excluding carboxylic acids is 2. The van der Waals surface area contributed by atoms with Gasteiger partial charge in [-0.2, -0.15) is 0 Å². The average molecular weight is 328 g/mol. The number of benzene rings is 1. The molecule has 1 amide bonds. The van der Waals surface area contributed by atoms with Crippen LogP contribution in [0.2, 0.25) is 0 Å². The van der Waals surface area contributed by atoms with Crippen molar-refractivity contribution in [1.29, 1.82) is 0 Å². The molecule has 0 aliphatic rings. The van der Waals surface area contributed by atoms with Crippen LogP contribution in [0.3, 0.4) is 0 Å². The zero-order valence-corrected chi connectivity index (χ0v) is 13.9.